The van der Waals surface area contributed by atoms with Crippen molar-refractivity contribution in [1.82, 2.24) is 0 Å². The molecule has 0 aliphatic rings. The van der Waals surface area contributed by atoms with Crippen LogP contribution in [0.15, 0.2) is 60.7 Å². The van der Waals surface area contributed by atoms with Crippen LogP contribution in [0.2, 0.25) is 0 Å². The molecule has 3 aromatic carbocycles. The minimum absolute atomic E-state index is 0.459. The Hall–Kier alpha value is -2.28. The van der Waals surface area contributed by atoms with Crippen LogP contribution in [0.1, 0.15) is 30.0 Å². The van der Waals surface area contributed by atoms with Crippen molar-refractivity contribution in [2.75, 3.05) is 0 Å². The average molecular weight is 276 g/mol. The van der Waals surface area contributed by atoms with Gasteiger partial charge >= 0.3 is 0 Å². The summed E-state index contributed by atoms with van der Waals surface area (Å²) in [5, 5.41) is 12.8. The molecule has 0 aromatic heterocycles. The first-order valence-corrected chi connectivity index (χ1v) is 7.56. The molecule has 0 spiro atoms. The van der Waals surface area contributed by atoms with Crippen molar-refractivity contribution in [3.8, 4) is 5.75 Å². The van der Waals surface area contributed by atoms with Crippen LogP contribution in [0.5, 0.6) is 5.75 Å². The molecule has 0 saturated heterocycles. The minimum atomic E-state index is 0.459. The second kappa shape index (κ2) is 6.01. The average Bonchev–Trinajstić information content (AvgIpc) is 2.51. The highest BCUT2D eigenvalue weighted by molar-refractivity contribution is 5.92. The molecule has 0 aliphatic heterocycles. The van der Waals surface area contributed by atoms with Gasteiger partial charge in [-0.2, -0.15) is 0 Å². The van der Waals surface area contributed by atoms with E-state index in [9.17, 15) is 5.11 Å². The van der Waals surface area contributed by atoms with Crippen molar-refractivity contribution in [2.24, 2.45) is 0 Å². The molecule has 0 amide bonds. The van der Waals surface area contributed by atoms with Gasteiger partial charge in [0.1, 0.15) is 5.75 Å². The standard InChI is InChI=1S/C20H20O/c1-2-7-17-13-12-16-10-6-11-18(19(16)20(17)21)14-15-8-4-3-5-9-15/h3-6,8-13,21H,2,7,14H2,1H3. The van der Waals surface area contributed by atoms with Gasteiger partial charge in [-0.15, -0.1) is 0 Å². The van der Waals surface area contributed by atoms with Crippen molar-refractivity contribution in [3.05, 3.63) is 77.4 Å². The fourth-order valence-electron chi connectivity index (χ4n) is 2.91. The van der Waals surface area contributed by atoms with Crippen LogP contribution in [0.4, 0.5) is 0 Å². The van der Waals surface area contributed by atoms with Gasteiger partial charge in [-0.25, -0.2) is 0 Å². The van der Waals surface area contributed by atoms with Crippen molar-refractivity contribution in [2.45, 2.75) is 26.2 Å². The molecule has 0 aliphatic carbocycles. The molecule has 3 aromatic rings. The lowest BCUT2D eigenvalue weighted by Gasteiger charge is -2.12. The normalized spacial score (nSPS) is 10.9. The van der Waals surface area contributed by atoms with Crippen molar-refractivity contribution in [3.63, 3.8) is 0 Å². The summed E-state index contributed by atoms with van der Waals surface area (Å²) in [4.78, 5) is 0. The van der Waals surface area contributed by atoms with E-state index in [0.29, 0.717) is 5.75 Å². The van der Waals surface area contributed by atoms with Gasteiger partial charge in [0.05, 0.1) is 0 Å². The maximum Gasteiger partial charge on any atom is 0.126 e. The van der Waals surface area contributed by atoms with Crippen LogP contribution in [-0.4, -0.2) is 5.11 Å². The third kappa shape index (κ3) is 2.78. The van der Waals surface area contributed by atoms with E-state index in [4.69, 9.17) is 0 Å². The number of rotatable bonds is 4. The van der Waals surface area contributed by atoms with E-state index in [0.717, 1.165) is 35.6 Å². The zero-order valence-corrected chi connectivity index (χ0v) is 12.3. The van der Waals surface area contributed by atoms with Crippen LogP contribution in [0.25, 0.3) is 10.8 Å². The zero-order chi connectivity index (χ0) is 14.7. The zero-order valence-electron chi connectivity index (χ0n) is 12.3. The molecule has 0 radical (unpaired) electrons. The molecule has 21 heavy (non-hydrogen) atoms. The number of hydrogen-bond acceptors (Lipinski definition) is 1. The first kappa shape index (κ1) is 13.7. The predicted octanol–water partition coefficient (Wildman–Crippen LogP) is 5.09. The molecule has 1 heteroatoms. The number of aromatic hydroxyl groups is 1. The summed E-state index contributed by atoms with van der Waals surface area (Å²) in [5.41, 5.74) is 3.50. The lowest BCUT2D eigenvalue weighted by Crippen LogP contribution is -1.92. The Morgan fingerprint density at radius 1 is 0.810 bits per heavy atom. The van der Waals surface area contributed by atoms with Gasteiger partial charge in [0, 0.05) is 5.39 Å². The van der Waals surface area contributed by atoms with E-state index < -0.39 is 0 Å². The van der Waals surface area contributed by atoms with Crippen LogP contribution >= 0.6 is 0 Å². The lowest BCUT2D eigenvalue weighted by molar-refractivity contribution is 0.474. The topological polar surface area (TPSA) is 20.2 Å². The van der Waals surface area contributed by atoms with E-state index in [1.807, 2.05) is 12.1 Å². The van der Waals surface area contributed by atoms with E-state index >= 15 is 0 Å². The first-order valence-electron chi connectivity index (χ1n) is 7.56. The number of hydrogen-bond donors (Lipinski definition) is 1. The first-order chi connectivity index (χ1) is 10.3. The summed E-state index contributed by atoms with van der Waals surface area (Å²) in [5.74, 6) is 0.459. The van der Waals surface area contributed by atoms with Crippen molar-refractivity contribution in [1.29, 1.82) is 0 Å². The lowest BCUT2D eigenvalue weighted by atomic mass is 9.95. The number of phenolic OH excluding ortho intramolecular Hbond substituents is 1. The maximum atomic E-state index is 10.6. The number of benzene rings is 3. The van der Waals surface area contributed by atoms with E-state index in [1.54, 1.807) is 0 Å². The maximum absolute atomic E-state index is 10.6. The third-order valence-electron chi connectivity index (χ3n) is 3.94. The highest BCUT2D eigenvalue weighted by Gasteiger charge is 2.10. The monoisotopic (exact) mass is 276 g/mol. The summed E-state index contributed by atoms with van der Waals surface area (Å²) < 4.78 is 0. The molecule has 0 fully saturated rings. The fourth-order valence-corrected chi connectivity index (χ4v) is 2.91. The molecule has 0 saturated carbocycles. The highest BCUT2D eigenvalue weighted by Crippen LogP contribution is 2.33. The molecular weight excluding hydrogens is 256 g/mol. The van der Waals surface area contributed by atoms with Gasteiger partial charge in [-0.3, -0.25) is 0 Å². The van der Waals surface area contributed by atoms with Crippen LogP contribution in [0.3, 0.4) is 0 Å². The Kier molecular flexibility index (Phi) is 3.92. The largest absolute Gasteiger partial charge is 0.507 e. The Labute approximate surface area is 125 Å². The van der Waals surface area contributed by atoms with Crippen molar-refractivity contribution < 1.29 is 5.11 Å². The van der Waals surface area contributed by atoms with Crippen molar-refractivity contribution >= 4 is 10.8 Å². The van der Waals surface area contributed by atoms with Crippen LogP contribution in [-0.2, 0) is 12.8 Å². The number of aryl methyl sites for hydroxylation is 1. The summed E-state index contributed by atoms with van der Waals surface area (Å²) in [6, 6.07) is 20.8. The molecule has 0 atom stereocenters. The smallest absolute Gasteiger partial charge is 0.126 e. The second-order valence-corrected chi connectivity index (χ2v) is 5.50. The molecule has 0 bridgehead atoms. The summed E-state index contributed by atoms with van der Waals surface area (Å²) in [6.45, 7) is 2.14. The molecule has 0 unspecified atom stereocenters. The van der Waals surface area contributed by atoms with E-state index in [2.05, 4.69) is 55.5 Å². The Balaban J connectivity index is 2.11. The molecule has 106 valence electrons. The molecule has 1 nitrogen and oxygen atoms in total. The third-order valence-corrected chi connectivity index (χ3v) is 3.94. The van der Waals surface area contributed by atoms with E-state index in [1.165, 1.54) is 11.1 Å². The van der Waals surface area contributed by atoms with Gasteiger partial charge in [0.2, 0.25) is 0 Å². The molecule has 3 rings (SSSR count). The van der Waals surface area contributed by atoms with Gasteiger partial charge in [-0.1, -0.05) is 74.0 Å². The Bertz CT molecular complexity index is 744. The molecule has 0 heterocycles. The minimum Gasteiger partial charge on any atom is -0.507 e. The molecular formula is C20H20O. The second-order valence-electron chi connectivity index (χ2n) is 5.50. The van der Waals surface area contributed by atoms with Crippen LogP contribution < -0.4 is 0 Å². The summed E-state index contributed by atoms with van der Waals surface area (Å²) in [6.07, 6.45) is 2.81. The van der Waals surface area contributed by atoms with Gasteiger partial charge in [-0.05, 0) is 34.9 Å². The van der Waals surface area contributed by atoms with E-state index in [-0.39, 0.29) is 0 Å². The Morgan fingerprint density at radius 2 is 1.62 bits per heavy atom. The van der Waals surface area contributed by atoms with Gasteiger partial charge in [0.15, 0.2) is 0 Å². The molecule has 1 N–H and O–H groups in total. The predicted molar refractivity (Wildman–Crippen MR) is 88.9 cm³/mol. The Morgan fingerprint density at radius 3 is 2.38 bits per heavy atom. The summed E-state index contributed by atoms with van der Waals surface area (Å²) in [7, 11) is 0. The number of phenols is 1. The number of fused-ring (bicyclic) bond motifs is 1. The fraction of sp³-hybridized carbons (Fsp3) is 0.200. The van der Waals surface area contributed by atoms with Crippen LogP contribution in [0, 0.1) is 0 Å². The quantitative estimate of drug-likeness (QED) is 0.703. The summed E-state index contributed by atoms with van der Waals surface area (Å²) >= 11 is 0. The van der Waals surface area contributed by atoms with Gasteiger partial charge in [0.25, 0.3) is 0 Å². The van der Waals surface area contributed by atoms with Gasteiger partial charge < -0.3 is 5.11 Å². The highest BCUT2D eigenvalue weighted by atomic mass is 16.3. The SMILES string of the molecule is CCCc1ccc2cccc(Cc3ccccc3)c2c1O.